The molecule has 1 aliphatic heterocycles. The van der Waals surface area contributed by atoms with Crippen LogP contribution in [0.25, 0.3) is 0 Å². The van der Waals surface area contributed by atoms with Crippen molar-refractivity contribution in [2.45, 2.75) is 38.8 Å². The zero-order chi connectivity index (χ0) is 12.3. The van der Waals surface area contributed by atoms with Gasteiger partial charge < -0.3 is 5.32 Å². The van der Waals surface area contributed by atoms with E-state index in [1.165, 1.54) is 25.1 Å². The highest BCUT2D eigenvalue weighted by molar-refractivity contribution is 7.07. The molecule has 0 saturated carbocycles. The predicted octanol–water partition coefficient (Wildman–Crippen LogP) is 2.52. The average Bonchev–Trinajstić information content (AvgIpc) is 2.82. The van der Waals surface area contributed by atoms with Crippen LogP contribution in [0.3, 0.4) is 0 Å². The van der Waals surface area contributed by atoms with E-state index in [0.717, 1.165) is 6.54 Å². The second kappa shape index (κ2) is 5.94. The minimum atomic E-state index is 0.502. The second-order valence-electron chi connectivity index (χ2n) is 5.15. The molecule has 0 amide bonds. The fraction of sp³-hybridized carbons (Fsp3) is 0.769. The maximum Gasteiger partial charge on any atom is 0.0795 e. The highest BCUT2D eigenvalue weighted by atomic mass is 32.1. The first-order valence-corrected chi connectivity index (χ1v) is 7.46. The van der Waals surface area contributed by atoms with Gasteiger partial charge in [0.2, 0.25) is 0 Å². The molecular weight excluding hydrogens is 230 g/mol. The zero-order valence-corrected chi connectivity index (χ0v) is 11.8. The maximum absolute atomic E-state index is 4.55. The molecule has 96 valence electrons. The molecule has 3 nitrogen and oxygen atoms in total. The van der Waals surface area contributed by atoms with E-state index in [-0.39, 0.29) is 0 Å². The van der Waals surface area contributed by atoms with Crippen LogP contribution in [0.1, 0.15) is 38.4 Å². The summed E-state index contributed by atoms with van der Waals surface area (Å²) in [4.78, 5) is 7.17. The Morgan fingerprint density at radius 1 is 1.59 bits per heavy atom. The summed E-state index contributed by atoms with van der Waals surface area (Å²) in [6.45, 7) is 6.88. The van der Waals surface area contributed by atoms with Crippen LogP contribution in [0.5, 0.6) is 0 Å². The highest BCUT2D eigenvalue weighted by Crippen LogP contribution is 2.36. The van der Waals surface area contributed by atoms with E-state index in [4.69, 9.17) is 0 Å². The molecule has 4 heteroatoms. The van der Waals surface area contributed by atoms with Gasteiger partial charge in [0, 0.05) is 11.4 Å². The predicted molar refractivity (Wildman–Crippen MR) is 73.3 cm³/mol. The molecule has 0 radical (unpaired) electrons. The topological polar surface area (TPSA) is 28.2 Å². The summed E-state index contributed by atoms with van der Waals surface area (Å²) in [7, 11) is 2.05. The monoisotopic (exact) mass is 253 g/mol. The van der Waals surface area contributed by atoms with Crippen molar-refractivity contribution in [3.05, 3.63) is 16.6 Å². The van der Waals surface area contributed by atoms with Crippen LogP contribution >= 0.6 is 11.3 Å². The number of rotatable bonds is 4. The molecule has 2 rings (SSSR count). The normalized spacial score (nSPS) is 26.6. The van der Waals surface area contributed by atoms with Crippen LogP contribution in [0.2, 0.25) is 0 Å². The van der Waals surface area contributed by atoms with Crippen molar-refractivity contribution in [2.24, 2.45) is 5.92 Å². The third-order valence-electron chi connectivity index (χ3n) is 3.68. The third kappa shape index (κ3) is 2.87. The van der Waals surface area contributed by atoms with E-state index >= 15 is 0 Å². The molecule has 1 fully saturated rings. The molecule has 1 aromatic rings. The van der Waals surface area contributed by atoms with Crippen LogP contribution < -0.4 is 5.32 Å². The van der Waals surface area contributed by atoms with Gasteiger partial charge in [-0.2, -0.15) is 0 Å². The number of hydrogen-bond donors (Lipinski definition) is 1. The van der Waals surface area contributed by atoms with Gasteiger partial charge in [0.15, 0.2) is 0 Å². The first-order valence-electron chi connectivity index (χ1n) is 6.52. The van der Waals surface area contributed by atoms with E-state index in [2.05, 4.69) is 34.4 Å². The Hall–Kier alpha value is -0.450. The van der Waals surface area contributed by atoms with Gasteiger partial charge in [-0.3, -0.25) is 4.90 Å². The summed E-state index contributed by atoms with van der Waals surface area (Å²) in [5.74, 6) is 0.693. The lowest BCUT2D eigenvalue weighted by Crippen LogP contribution is -2.45. The first-order chi connectivity index (χ1) is 8.24. The first kappa shape index (κ1) is 13.0. The van der Waals surface area contributed by atoms with Crippen molar-refractivity contribution in [3.8, 4) is 0 Å². The molecule has 0 spiro atoms. The molecule has 0 bridgehead atoms. The molecule has 1 aromatic heterocycles. The summed E-state index contributed by atoms with van der Waals surface area (Å²) in [6.07, 6.45) is 2.62. The Morgan fingerprint density at radius 2 is 2.41 bits per heavy atom. The van der Waals surface area contributed by atoms with Crippen molar-refractivity contribution < 1.29 is 0 Å². The van der Waals surface area contributed by atoms with Crippen LogP contribution in [0, 0.1) is 5.92 Å². The second-order valence-corrected chi connectivity index (χ2v) is 5.87. The zero-order valence-electron chi connectivity index (χ0n) is 11.0. The van der Waals surface area contributed by atoms with Crippen molar-refractivity contribution >= 4 is 11.3 Å². The molecule has 2 unspecified atom stereocenters. The van der Waals surface area contributed by atoms with E-state index in [1.54, 1.807) is 11.3 Å². The van der Waals surface area contributed by atoms with Crippen molar-refractivity contribution in [1.29, 1.82) is 0 Å². The molecule has 2 atom stereocenters. The number of aromatic nitrogens is 1. The number of thiazole rings is 1. The average molecular weight is 253 g/mol. The van der Waals surface area contributed by atoms with Crippen LogP contribution in [0.15, 0.2) is 10.9 Å². The van der Waals surface area contributed by atoms with Crippen LogP contribution in [-0.4, -0.2) is 36.1 Å². The van der Waals surface area contributed by atoms with Gasteiger partial charge in [0.1, 0.15) is 0 Å². The van der Waals surface area contributed by atoms with Crippen molar-refractivity contribution in [2.75, 3.05) is 20.1 Å². The minimum Gasteiger partial charge on any atom is -0.319 e. The van der Waals surface area contributed by atoms with Gasteiger partial charge in [-0.05, 0) is 52.7 Å². The quantitative estimate of drug-likeness (QED) is 0.894. The lowest BCUT2D eigenvalue weighted by molar-refractivity contribution is 0.0613. The largest absolute Gasteiger partial charge is 0.319 e. The van der Waals surface area contributed by atoms with E-state index in [0.29, 0.717) is 18.0 Å². The Morgan fingerprint density at radius 3 is 3.00 bits per heavy atom. The number of nitrogens with zero attached hydrogens (tertiary/aromatic N) is 2. The summed E-state index contributed by atoms with van der Waals surface area (Å²) < 4.78 is 0. The van der Waals surface area contributed by atoms with E-state index in [9.17, 15) is 0 Å². The van der Waals surface area contributed by atoms with Crippen molar-refractivity contribution in [3.63, 3.8) is 0 Å². The number of nitrogens with one attached hydrogen (secondary N) is 1. The lowest BCUT2D eigenvalue weighted by Gasteiger charge is -2.43. The molecule has 2 heterocycles. The fourth-order valence-electron chi connectivity index (χ4n) is 2.94. The molecule has 0 aromatic carbocycles. The smallest absolute Gasteiger partial charge is 0.0795 e. The van der Waals surface area contributed by atoms with Gasteiger partial charge >= 0.3 is 0 Å². The molecule has 1 saturated heterocycles. The van der Waals surface area contributed by atoms with Gasteiger partial charge in [-0.15, -0.1) is 11.3 Å². The number of hydrogen-bond acceptors (Lipinski definition) is 4. The molecule has 0 aliphatic carbocycles. The van der Waals surface area contributed by atoms with E-state index in [1.807, 2.05) is 12.6 Å². The number of likely N-dealkylation sites (tertiary alicyclic amines) is 1. The molecule has 17 heavy (non-hydrogen) atoms. The van der Waals surface area contributed by atoms with Crippen molar-refractivity contribution in [1.82, 2.24) is 15.2 Å². The highest BCUT2D eigenvalue weighted by Gasteiger charge is 2.34. The van der Waals surface area contributed by atoms with E-state index < -0.39 is 0 Å². The minimum absolute atomic E-state index is 0.502. The molecular formula is C13H23N3S. The summed E-state index contributed by atoms with van der Waals surface area (Å²) in [6, 6.07) is 1.10. The summed E-state index contributed by atoms with van der Waals surface area (Å²) >= 11 is 1.71. The van der Waals surface area contributed by atoms with Crippen LogP contribution in [-0.2, 0) is 0 Å². The fourth-order valence-corrected chi connectivity index (χ4v) is 3.52. The molecule has 1 aliphatic rings. The lowest BCUT2D eigenvalue weighted by atomic mass is 9.86. The standard InChI is InChI=1S/C13H23N3S/c1-10(2)16-6-4-5-11(7-14-3)13(16)12-8-17-9-15-12/h8-11,13-14H,4-7H2,1-3H3. The maximum atomic E-state index is 4.55. The number of piperidine rings is 1. The van der Waals surface area contributed by atoms with Gasteiger partial charge in [0.25, 0.3) is 0 Å². The Labute approximate surface area is 108 Å². The Balaban J connectivity index is 2.22. The van der Waals surface area contributed by atoms with Gasteiger partial charge in [0.05, 0.1) is 17.2 Å². The Kier molecular flexibility index (Phi) is 4.54. The van der Waals surface area contributed by atoms with Gasteiger partial charge in [-0.1, -0.05) is 0 Å². The van der Waals surface area contributed by atoms with Gasteiger partial charge in [-0.25, -0.2) is 4.98 Å². The summed E-state index contributed by atoms with van der Waals surface area (Å²) in [5.41, 5.74) is 3.22. The third-order valence-corrected chi connectivity index (χ3v) is 4.28. The Bertz CT molecular complexity index is 321. The van der Waals surface area contributed by atoms with Crippen LogP contribution in [0.4, 0.5) is 0 Å². The SMILES string of the molecule is CNCC1CCCN(C(C)C)C1c1cscn1. The molecule has 1 N–H and O–H groups in total. The summed E-state index contributed by atoms with van der Waals surface area (Å²) in [5, 5.41) is 5.55.